The van der Waals surface area contributed by atoms with Gasteiger partial charge in [0.1, 0.15) is 4.88 Å². The highest BCUT2D eigenvalue weighted by molar-refractivity contribution is 7.13. The van der Waals surface area contributed by atoms with Crippen molar-refractivity contribution < 1.29 is 14.7 Å². The van der Waals surface area contributed by atoms with Crippen LogP contribution in [0.3, 0.4) is 0 Å². The van der Waals surface area contributed by atoms with Gasteiger partial charge in [0.05, 0.1) is 10.9 Å². The fourth-order valence-corrected chi connectivity index (χ4v) is 3.71. The van der Waals surface area contributed by atoms with Gasteiger partial charge >= 0.3 is 5.97 Å². The van der Waals surface area contributed by atoms with E-state index >= 15 is 0 Å². The number of rotatable bonds is 4. The van der Waals surface area contributed by atoms with E-state index in [0.717, 1.165) is 18.4 Å². The molecule has 2 N–H and O–H groups in total. The minimum Gasteiger partial charge on any atom is -0.481 e. The predicted octanol–water partition coefficient (Wildman–Crippen LogP) is 3.33. The first-order valence-corrected chi connectivity index (χ1v) is 7.99. The topological polar surface area (TPSA) is 66.4 Å². The van der Waals surface area contributed by atoms with E-state index in [9.17, 15) is 9.59 Å². The molecule has 1 amide bonds. The second kappa shape index (κ2) is 6.59. The molecule has 1 aromatic heterocycles. The zero-order chi connectivity index (χ0) is 14.7. The second-order valence-electron chi connectivity index (χ2n) is 5.33. The van der Waals surface area contributed by atoms with Crippen LogP contribution >= 0.6 is 22.9 Å². The summed E-state index contributed by atoms with van der Waals surface area (Å²) in [7, 11) is 0. The number of carbonyl (C=O) groups is 2. The number of carbonyl (C=O) groups excluding carboxylic acids is 1. The van der Waals surface area contributed by atoms with E-state index in [-0.39, 0.29) is 11.8 Å². The Morgan fingerprint density at radius 3 is 2.55 bits per heavy atom. The van der Waals surface area contributed by atoms with Crippen LogP contribution in [0.5, 0.6) is 0 Å². The molecule has 0 aliphatic heterocycles. The summed E-state index contributed by atoms with van der Waals surface area (Å²) in [5.41, 5.74) is 0.920. The third-order valence-electron chi connectivity index (χ3n) is 3.85. The number of carboxylic acid groups (broad SMARTS) is 1. The maximum absolute atomic E-state index is 12.0. The van der Waals surface area contributed by atoms with E-state index in [4.69, 9.17) is 16.7 Å². The summed E-state index contributed by atoms with van der Waals surface area (Å²) in [6.07, 6.45) is 3.12. The molecule has 0 atom stereocenters. The van der Waals surface area contributed by atoms with Crippen LogP contribution in [0.2, 0.25) is 5.02 Å². The Hall–Kier alpha value is -1.07. The first kappa shape index (κ1) is 15.3. The van der Waals surface area contributed by atoms with Crippen LogP contribution in [-0.4, -0.2) is 23.5 Å². The number of aliphatic carboxylic acids is 1. The third-order valence-corrected chi connectivity index (χ3v) is 5.55. The van der Waals surface area contributed by atoms with E-state index in [1.165, 1.54) is 11.3 Å². The van der Waals surface area contributed by atoms with Gasteiger partial charge in [-0.2, -0.15) is 0 Å². The van der Waals surface area contributed by atoms with Crippen LogP contribution in [0.25, 0.3) is 0 Å². The van der Waals surface area contributed by atoms with E-state index in [2.05, 4.69) is 5.32 Å². The van der Waals surface area contributed by atoms with E-state index < -0.39 is 5.97 Å². The number of hydrogen-bond acceptors (Lipinski definition) is 3. The van der Waals surface area contributed by atoms with Crippen molar-refractivity contribution in [1.29, 1.82) is 0 Å². The van der Waals surface area contributed by atoms with Gasteiger partial charge < -0.3 is 10.4 Å². The van der Waals surface area contributed by atoms with Gasteiger partial charge in [0.2, 0.25) is 0 Å². The molecule has 1 aliphatic rings. The first-order chi connectivity index (χ1) is 9.49. The Bertz CT molecular complexity index is 507. The minimum atomic E-state index is -0.701. The normalized spacial score (nSPS) is 22.5. The lowest BCUT2D eigenvalue weighted by Crippen LogP contribution is -2.32. The predicted molar refractivity (Wildman–Crippen MR) is 79.5 cm³/mol. The van der Waals surface area contributed by atoms with Gasteiger partial charge in [0, 0.05) is 6.54 Å². The van der Waals surface area contributed by atoms with Gasteiger partial charge in [-0.15, -0.1) is 11.3 Å². The molecule has 0 radical (unpaired) electrons. The summed E-state index contributed by atoms with van der Waals surface area (Å²) in [6, 6.07) is 0. The van der Waals surface area contributed by atoms with Gasteiger partial charge in [-0.3, -0.25) is 9.59 Å². The molecule has 0 saturated heterocycles. The van der Waals surface area contributed by atoms with Crippen molar-refractivity contribution in [2.45, 2.75) is 32.6 Å². The number of hydrogen-bond donors (Lipinski definition) is 2. The van der Waals surface area contributed by atoms with Gasteiger partial charge in [-0.25, -0.2) is 0 Å². The molecule has 0 aromatic carbocycles. The van der Waals surface area contributed by atoms with Crippen molar-refractivity contribution in [2.75, 3.05) is 6.54 Å². The lowest BCUT2D eigenvalue weighted by atomic mass is 9.82. The largest absolute Gasteiger partial charge is 0.481 e. The van der Waals surface area contributed by atoms with Crippen molar-refractivity contribution in [3.63, 3.8) is 0 Å². The molecule has 6 heteroatoms. The summed E-state index contributed by atoms with van der Waals surface area (Å²) in [6.45, 7) is 2.47. The molecule has 1 aromatic rings. The lowest BCUT2D eigenvalue weighted by molar-refractivity contribution is -0.143. The van der Waals surface area contributed by atoms with E-state index in [1.54, 1.807) is 0 Å². The maximum Gasteiger partial charge on any atom is 0.306 e. The van der Waals surface area contributed by atoms with Crippen LogP contribution in [0.4, 0.5) is 0 Å². The molecule has 1 fully saturated rings. The highest BCUT2D eigenvalue weighted by Gasteiger charge is 2.26. The Kier molecular flexibility index (Phi) is 5.05. The third kappa shape index (κ3) is 3.52. The smallest absolute Gasteiger partial charge is 0.306 e. The summed E-state index contributed by atoms with van der Waals surface area (Å²) in [5.74, 6) is -0.674. The number of nitrogens with one attached hydrogen (secondary N) is 1. The number of halogens is 1. The van der Waals surface area contributed by atoms with Crippen LogP contribution in [-0.2, 0) is 4.79 Å². The van der Waals surface area contributed by atoms with Crippen molar-refractivity contribution in [3.8, 4) is 0 Å². The standard InChI is InChI=1S/C14H18ClNO3S/c1-8-7-20-12(11(8)15)13(17)16-6-9-2-4-10(5-3-9)14(18)19/h7,9-10H,2-6H2,1H3,(H,16,17)(H,18,19). The Balaban J connectivity index is 1.80. The molecule has 1 heterocycles. The van der Waals surface area contributed by atoms with Crippen LogP contribution < -0.4 is 5.32 Å². The Morgan fingerprint density at radius 1 is 1.40 bits per heavy atom. The van der Waals surface area contributed by atoms with Crippen molar-refractivity contribution in [3.05, 3.63) is 20.8 Å². The average molecular weight is 316 g/mol. The quantitative estimate of drug-likeness (QED) is 0.895. The molecule has 1 aliphatic carbocycles. The highest BCUT2D eigenvalue weighted by Crippen LogP contribution is 2.29. The van der Waals surface area contributed by atoms with E-state index in [1.807, 2.05) is 12.3 Å². The SMILES string of the molecule is Cc1csc(C(=O)NCC2CCC(C(=O)O)CC2)c1Cl. The van der Waals surface area contributed by atoms with Crippen molar-refractivity contribution >= 4 is 34.8 Å². The molecule has 4 nitrogen and oxygen atoms in total. The summed E-state index contributed by atoms with van der Waals surface area (Å²) in [5, 5.41) is 14.2. The molecule has 1 saturated carbocycles. The molecule has 20 heavy (non-hydrogen) atoms. The Morgan fingerprint density at radius 2 is 2.05 bits per heavy atom. The summed E-state index contributed by atoms with van der Waals surface area (Å²) < 4.78 is 0. The van der Waals surface area contributed by atoms with Gasteiger partial charge in [0.25, 0.3) is 5.91 Å². The second-order valence-corrected chi connectivity index (χ2v) is 6.59. The maximum atomic E-state index is 12.0. The van der Waals surface area contributed by atoms with E-state index in [0.29, 0.717) is 35.2 Å². The number of carboxylic acids is 1. The zero-order valence-electron chi connectivity index (χ0n) is 11.3. The van der Waals surface area contributed by atoms with Crippen molar-refractivity contribution in [2.24, 2.45) is 11.8 Å². The molecule has 110 valence electrons. The molecule has 0 bridgehead atoms. The molecule has 2 rings (SSSR count). The van der Waals surface area contributed by atoms with Gasteiger partial charge in [-0.1, -0.05) is 11.6 Å². The summed E-state index contributed by atoms with van der Waals surface area (Å²) >= 11 is 7.42. The van der Waals surface area contributed by atoms with Crippen LogP contribution in [0.15, 0.2) is 5.38 Å². The van der Waals surface area contributed by atoms with Crippen molar-refractivity contribution in [1.82, 2.24) is 5.32 Å². The monoisotopic (exact) mass is 315 g/mol. The first-order valence-electron chi connectivity index (χ1n) is 6.73. The highest BCUT2D eigenvalue weighted by atomic mass is 35.5. The number of aryl methyl sites for hydroxylation is 1. The molecule has 0 spiro atoms. The summed E-state index contributed by atoms with van der Waals surface area (Å²) in [4.78, 5) is 23.4. The molecular weight excluding hydrogens is 298 g/mol. The number of amides is 1. The molecule has 0 unspecified atom stereocenters. The fourth-order valence-electron chi connectivity index (χ4n) is 2.51. The number of thiophene rings is 1. The van der Waals surface area contributed by atoms with Crippen LogP contribution in [0.1, 0.15) is 40.9 Å². The Labute approximate surface area is 127 Å². The molecular formula is C14H18ClNO3S. The van der Waals surface area contributed by atoms with Gasteiger partial charge in [-0.05, 0) is 49.5 Å². The average Bonchev–Trinajstić information content (AvgIpc) is 2.77. The van der Waals surface area contributed by atoms with Gasteiger partial charge in [0.15, 0.2) is 0 Å². The van der Waals surface area contributed by atoms with Crippen LogP contribution in [0, 0.1) is 18.8 Å². The minimum absolute atomic E-state index is 0.131. The lowest BCUT2D eigenvalue weighted by Gasteiger charge is -2.26. The fraction of sp³-hybridized carbons (Fsp3) is 0.571. The zero-order valence-corrected chi connectivity index (χ0v) is 12.9.